The number of hydrogen-bond donors (Lipinski definition) is 2. The van der Waals surface area contributed by atoms with Crippen molar-refractivity contribution >= 4 is 0 Å². The van der Waals surface area contributed by atoms with E-state index in [4.69, 9.17) is 10.2 Å². The first-order chi connectivity index (χ1) is 4.72. The van der Waals surface area contributed by atoms with Crippen molar-refractivity contribution in [1.29, 1.82) is 0 Å². The zero-order chi connectivity index (χ0) is 8.41. The molecule has 0 aliphatic heterocycles. The summed E-state index contributed by atoms with van der Waals surface area (Å²) in [6, 6.07) is 0. The molecule has 0 aromatic rings. The van der Waals surface area contributed by atoms with Crippen LogP contribution in [0.25, 0.3) is 0 Å². The van der Waals surface area contributed by atoms with Crippen molar-refractivity contribution in [3.05, 3.63) is 0 Å². The van der Waals surface area contributed by atoms with E-state index >= 15 is 0 Å². The van der Waals surface area contributed by atoms with Gasteiger partial charge >= 0.3 is 0 Å². The van der Waals surface area contributed by atoms with Crippen LogP contribution in [0, 0.1) is 0 Å². The predicted octanol–water partition coefficient (Wildman–Crippen LogP) is 1.56. The summed E-state index contributed by atoms with van der Waals surface area (Å²) in [5.41, 5.74) is 0. The summed E-state index contributed by atoms with van der Waals surface area (Å²) in [7, 11) is 0. The summed E-state index contributed by atoms with van der Waals surface area (Å²) in [5, 5.41) is 16.8. The van der Waals surface area contributed by atoms with Gasteiger partial charge < -0.3 is 10.2 Å². The summed E-state index contributed by atoms with van der Waals surface area (Å²) >= 11 is 0. The summed E-state index contributed by atoms with van der Waals surface area (Å²) in [6.07, 6.45) is 2.39. The van der Waals surface area contributed by atoms with Crippen LogP contribution in [-0.4, -0.2) is 22.9 Å². The first kappa shape index (κ1) is 12.6. The van der Waals surface area contributed by atoms with E-state index in [2.05, 4.69) is 13.8 Å². The van der Waals surface area contributed by atoms with E-state index in [9.17, 15) is 0 Å². The third-order valence-electron chi connectivity index (χ3n) is 0.833. The van der Waals surface area contributed by atoms with Crippen LogP contribution in [0.4, 0.5) is 0 Å². The molecule has 2 nitrogen and oxygen atoms in total. The van der Waals surface area contributed by atoms with Crippen molar-refractivity contribution in [1.82, 2.24) is 0 Å². The Morgan fingerprint density at radius 2 is 1.60 bits per heavy atom. The molecule has 0 aromatic carbocycles. The van der Waals surface area contributed by atoms with Gasteiger partial charge in [-0.2, -0.15) is 0 Å². The van der Waals surface area contributed by atoms with Crippen LogP contribution >= 0.6 is 0 Å². The van der Waals surface area contributed by atoms with Gasteiger partial charge in [-0.05, 0) is 6.42 Å². The molecular weight excluding hydrogens is 128 g/mol. The van der Waals surface area contributed by atoms with Gasteiger partial charge in [-0.3, -0.25) is 0 Å². The highest BCUT2D eigenvalue weighted by Crippen LogP contribution is 1.92. The Morgan fingerprint density at radius 3 is 1.70 bits per heavy atom. The molecule has 0 saturated heterocycles. The van der Waals surface area contributed by atoms with E-state index in [1.165, 1.54) is 6.42 Å². The number of aliphatic hydroxyl groups excluding tert-OH is 2. The van der Waals surface area contributed by atoms with Gasteiger partial charge in [0.2, 0.25) is 0 Å². The highest BCUT2D eigenvalue weighted by Gasteiger charge is 1.95. The van der Waals surface area contributed by atoms with Crippen molar-refractivity contribution in [2.45, 2.75) is 46.1 Å². The SMILES string of the molecule is CCC.CCCC(O)CO. The monoisotopic (exact) mass is 148 g/mol. The Labute approximate surface area is 63.9 Å². The van der Waals surface area contributed by atoms with E-state index in [0.717, 1.165) is 6.42 Å². The molecule has 0 rings (SSSR count). The normalized spacial score (nSPS) is 11.7. The van der Waals surface area contributed by atoms with Crippen LogP contribution < -0.4 is 0 Å². The maximum absolute atomic E-state index is 8.61. The van der Waals surface area contributed by atoms with Crippen LogP contribution in [0.5, 0.6) is 0 Å². The number of rotatable bonds is 3. The van der Waals surface area contributed by atoms with Gasteiger partial charge in [0.1, 0.15) is 0 Å². The summed E-state index contributed by atoms with van der Waals surface area (Å²) in [6.45, 7) is 6.12. The van der Waals surface area contributed by atoms with Crippen LogP contribution in [0.1, 0.15) is 40.0 Å². The largest absolute Gasteiger partial charge is 0.394 e. The van der Waals surface area contributed by atoms with Crippen LogP contribution in [0.2, 0.25) is 0 Å². The highest BCUT2D eigenvalue weighted by molar-refractivity contribution is 4.48. The fourth-order valence-electron chi connectivity index (χ4n) is 0.425. The second-order valence-corrected chi connectivity index (χ2v) is 2.33. The van der Waals surface area contributed by atoms with E-state index in [-0.39, 0.29) is 6.61 Å². The van der Waals surface area contributed by atoms with Crippen LogP contribution in [-0.2, 0) is 0 Å². The van der Waals surface area contributed by atoms with E-state index in [1.807, 2.05) is 6.92 Å². The van der Waals surface area contributed by atoms with Crippen molar-refractivity contribution in [3.8, 4) is 0 Å². The Hall–Kier alpha value is -0.0800. The fraction of sp³-hybridized carbons (Fsp3) is 1.00. The van der Waals surface area contributed by atoms with Gasteiger partial charge in [0, 0.05) is 0 Å². The summed E-state index contributed by atoms with van der Waals surface area (Å²) < 4.78 is 0. The molecule has 0 amide bonds. The van der Waals surface area contributed by atoms with Gasteiger partial charge in [-0.15, -0.1) is 0 Å². The molecular formula is C8H20O2. The maximum atomic E-state index is 8.61. The molecule has 0 bridgehead atoms. The molecule has 0 aromatic heterocycles. The summed E-state index contributed by atoms with van der Waals surface area (Å²) in [4.78, 5) is 0. The van der Waals surface area contributed by atoms with Gasteiger partial charge in [-0.1, -0.05) is 33.6 Å². The Bertz CT molecular complexity index is 46.5. The topological polar surface area (TPSA) is 40.5 Å². The lowest BCUT2D eigenvalue weighted by Gasteiger charge is -2.01. The highest BCUT2D eigenvalue weighted by atomic mass is 16.3. The minimum atomic E-state index is -0.495. The second kappa shape index (κ2) is 11.7. The third-order valence-corrected chi connectivity index (χ3v) is 0.833. The zero-order valence-electron chi connectivity index (χ0n) is 7.30. The molecule has 2 N–H and O–H groups in total. The lowest BCUT2D eigenvalue weighted by atomic mass is 10.2. The van der Waals surface area contributed by atoms with Gasteiger partial charge in [0.15, 0.2) is 0 Å². The third kappa shape index (κ3) is 15.7. The van der Waals surface area contributed by atoms with Gasteiger partial charge in [0.05, 0.1) is 12.7 Å². The molecule has 1 unspecified atom stereocenters. The van der Waals surface area contributed by atoms with Crippen LogP contribution in [0.15, 0.2) is 0 Å². The van der Waals surface area contributed by atoms with E-state index in [1.54, 1.807) is 0 Å². The molecule has 1 atom stereocenters. The van der Waals surface area contributed by atoms with E-state index < -0.39 is 6.10 Å². The first-order valence-corrected chi connectivity index (χ1v) is 4.01. The molecule has 2 heteroatoms. The lowest BCUT2D eigenvalue weighted by Crippen LogP contribution is -2.10. The molecule has 0 saturated carbocycles. The molecule has 64 valence electrons. The molecule has 10 heavy (non-hydrogen) atoms. The standard InChI is InChI=1S/C5H12O2.C3H8/c1-2-3-5(7)4-6;1-3-2/h5-7H,2-4H2,1H3;3H2,1-2H3. The first-order valence-electron chi connectivity index (χ1n) is 4.01. The molecule has 0 aliphatic carbocycles. The van der Waals surface area contributed by atoms with Crippen molar-refractivity contribution < 1.29 is 10.2 Å². The lowest BCUT2D eigenvalue weighted by molar-refractivity contribution is 0.0877. The minimum absolute atomic E-state index is 0.103. The molecule has 0 spiro atoms. The van der Waals surface area contributed by atoms with Crippen molar-refractivity contribution in [2.24, 2.45) is 0 Å². The van der Waals surface area contributed by atoms with Gasteiger partial charge in [-0.25, -0.2) is 0 Å². The van der Waals surface area contributed by atoms with Crippen molar-refractivity contribution in [2.75, 3.05) is 6.61 Å². The van der Waals surface area contributed by atoms with E-state index in [0.29, 0.717) is 6.42 Å². The fourth-order valence-corrected chi connectivity index (χ4v) is 0.425. The Kier molecular flexibility index (Phi) is 14.7. The summed E-state index contributed by atoms with van der Waals surface area (Å²) in [5.74, 6) is 0. The average Bonchev–Trinajstić information content (AvgIpc) is 1.90. The Balaban J connectivity index is 0. The molecule has 0 aliphatic rings. The van der Waals surface area contributed by atoms with Crippen LogP contribution in [0.3, 0.4) is 0 Å². The average molecular weight is 148 g/mol. The smallest absolute Gasteiger partial charge is 0.0770 e. The maximum Gasteiger partial charge on any atom is 0.0770 e. The van der Waals surface area contributed by atoms with Gasteiger partial charge in [0.25, 0.3) is 0 Å². The molecule has 0 radical (unpaired) electrons. The van der Waals surface area contributed by atoms with Crippen molar-refractivity contribution in [3.63, 3.8) is 0 Å². The predicted molar refractivity (Wildman–Crippen MR) is 44.0 cm³/mol. The quantitative estimate of drug-likeness (QED) is 0.637. The Morgan fingerprint density at radius 1 is 1.20 bits per heavy atom. The minimum Gasteiger partial charge on any atom is -0.394 e. The molecule has 0 fully saturated rings. The molecule has 0 heterocycles. The second-order valence-electron chi connectivity index (χ2n) is 2.33. The number of aliphatic hydroxyl groups is 2. The zero-order valence-corrected chi connectivity index (χ0v) is 7.30. The number of hydrogen-bond acceptors (Lipinski definition) is 2.